The molecule has 0 aromatic heterocycles. The summed E-state index contributed by atoms with van der Waals surface area (Å²) in [5.74, 6) is 0.417. The first-order valence-electron chi connectivity index (χ1n) is 7.93. The Morgan fingerprint density at radius 3 is 1.91 bits per heavy atom. The summed E-state index contributed by atoms with van der Waals surface area (Å²) in [6, 6.07) is 17.2. The summed E-state index contributed by atoms with van der Waals surface area (Å²) in [6.45, 7) is 6.03. The molecular weight excluding hydrogens is 270 g/mol. The topological polar surface area (TPSA) is 29.1 Å². The number of hydrogen-bond donors (Lipinski definition) is 1. The largest absolute Gasteiger partial charge is 0.351 e. The van der Waals surface area contributed by atoms with Gasteiger partial charge < -0.3 is 5.32 Å². The number of hydrogen-bond acceptors (Lipinski definition) is 1. The zero-order valence-electron chi connectivity index (χ0n) is 13.5. The van der Waals surface area contributed by atoms with E-state index < -0.39 is 0 Å². The zero-order valence-corrected chi connectivity index (χ0v) is 13.5. The molecule has 2 heteroatoms. The van der Waals surface area contributed by atoms with Gasteiger partial charge in [-0.3, -0.25) is 4.79 Å². The summed E-state index contributed by atoms with van der Waals surface area (Å²) in [4.78, 5) is 11.7. The lowest BCUT2D eigenvalue weighted by atomic mass is 9.75. The third-order valence-electron chi connectivity index (χ3n) is 4.68. The van der Waals surface area contributed by atoms with Crippen LogP contribution in [0.5, 0.6) is 0 Å². The smallest absolute Gasteiger partial charge is 0.217 e. The second kappa shape index (κ2) is 5.60. The highest BCUT2D eigenvalue weighted by atomic mass is 16.1. The normalized spacial score (nSPS) is 23.7. The molecule has 0 saturated carbocycles. The van der Waals surface area contributed by atoms with E-state index in [0.29, 0.717) is 5.92 Å². The van der Waals surface area contributed by atoms with Crippen molar-refractivity contribution in [3.05, 3.63) is 70.8 Å². The van der Waals surface area contributed by atoms with Gasteiger partial charge in [0.1, 0.15) is 0 Å². The number of carbonyl (C=O) groups excluding carboxylic acids is 1. The van der Waals surface area contributed by atoms with E-state index in [2.05, 4.69) is 67.7 Å². The molecule has 0 heterocycles. The minimum absolute atomic E-state index is 0.0334. The van der Waals surface area contributed by atoms with Crippen molar-refractivity contribution >= 4 is 5.91 Å². The molecule has 2 aromatic rings. The van der Waals surface area contributed by atoms with Crippen LogP contribution in [0.4, 0.5) is 0 Å². The molecule has 0 atom stereocenters. The Bertz CT molecular complexity index is 655. The van der Waals surface area contributed by atoms with Crippen molar-refractivity contribution in [1.82, 2.24) is 5.32 Å². The summed E-state index contributed by atoms with van der Waals surface area (Å²) in [6.07, 6.45) is 1.73. The van der Waals surface area contributed by atoms with Crippen LogP contribution in [0.2, 0.25) is 0 Å². The van der Waals surface area contributed by atoms with Gasteiger partial charge in [-0.15, -0.1) is 0 Å². The second-order valence-electron chi connectivity index (χ2n) is 6.71. The average molecular weight is 293 g/mol. The number of fused-ring (bicyclic) bond motifs is 2. The lowest BCUT2D eigenvalue weighted by molar-refractivity contribution is -0.120. The molecule has 0 spiro atoms. The molecular formula is C20H23NO. The van der Waals surface area contributed by atoms with Crippen LogP contribution in [0.1, 0.15) is 48.9 Å². The van der Waals surface area contributed by atoms with Crippen molar-refractivity contribution in [2.24, 2.45) is 0 Å². The van der Waals surface area contributed by atoms with Gasteiger partial charge in [0.15, 0.2) is 0 Å². The summed E-state index contributed by atoms with van der Waals surface area (Å²) in [5.41, 5.74) is 5.15. The van der Waals surface area contributed by atoms with Crippen molar-refractivity contribution in [3.8, 4) is 0 Å². The molecule has 3 rings (SSSR count). The highest BCUT2D eigenvalue weighted by Gasteiger charge is 2.31. The van der Waals surface area contributed by atoms with Crippen molar-refractivity contribution in [1.29, 1.82) is 0 Å². The maximum absolute atomic E-state index is 11.7. The van der Waals surface area contributed by atoms with Crippen LogP contribution in [0.25, 0.3) is 0 Å². The van der Waals surface area contributed by atoms with Gasteiger partial charge in [0.25, 0.3) is 0 Å². The molecule has 1 amide bonds. The van der Waals surface area contributed by atoms with Crippen molar-refractivity contribution < 1.29 is 4.79 Å². The summed E-state index contributed by atoms with van der Waals surface area (Å²) >= 11 is 0. The van der Waals surface area contributed by atoms with Crippen molar-refractivity contribution in [2.45, 2.75) is 45.1 Å². The van der Waals surface area contributed by atoms with Crippen LogP contribution >= 0.6 is 0 Å². The summed E-state index contributed by atoms with van der Waals surface area (Å²) < 4.78 is 0. The van der Waals surface area contributed by atoms with Crippen LogP contribution in [-0.4, -0.2) is 11.4 Å². The van der Waals surface area contributed by atoms with E-state index in [9.17, 15) is 4.79 Å². The molecule has 1 aliphatic carbocycles. The van der Waals surface area contributed by atoms with E-state index in [1.54, 1.807) is 6.92 Å². The molecule has 0 bridgehead atoms. The molecule has 2 aromatic carbocycles. The fraction of sp³-hybridized carbons (Fsp3) is 0.350. The molecule has 22 heavy (non-hydrogen) atoms. The lowest BCUT2D eigenvalue weighted by Crippen LogP contribution is -2.49. The molecule has 1 aliphatic rings. The predicted molar refractivity (Wildman–Crippen MR) is 90.0 cm³/mol. The van der Waals surface area contributed by atoms with E-state index in [0.717, 1.165) is 12.8 Å². The van der Waals surface area contributed by atoms with Crippen molar-refractivity contribution in [2.75, 3.05) is 0 Å². The Kier molecular flexibility index (Phi) is 3.78. The third-order valence-corrected chi connectivity index (χ3v) is 4.68. The molecule has 1 N–H and O–H groups in total. The highest BCUT2D eigenvalue weighted by molar-refractivity contribution is 5.74. The fourth-order valence-electron chi connectivity index (χ4n) is 3.82. The highest BCUT2D eigenvalue weighted by Crippen LogP contribution is 2.35. The fourth-order valence-corrected chi connectivity index (χ4v) is 3.82. The van der Waals surface area contributed by atoms with Crippen LogP contribution in [0.15, 0.2) is 48.5 Å². The van der Waals surface area contributed by atoms with E-state index in [1.807, 2.05) is 0 Å². The third kappa shape index (κ3) is 2.78. The molecule has 114 valence electrons. The zero-order chi connectivity index (χ0) is 15.7. The molecule has 0 fully saturated rings. The Morgan fingerprint density at radius 1 is 1.00 bits per heavy atom. The first-order chi connectivity index (χ1) is 10.5. The Hall–Kier alpha value is -2.09. The number of nitrogens with one attached hydrogen (secondary N) is 1. The van der Waals surface area contributed by atoms with Gasteiger partial charge in [-0.2, -0.15) is 0 Å². The quantitative estimate of drug-likeness (QED) is 0.850. The van der Waals surface area contributed by atoms with Gasteiger partial charge >= 0.3 is 0 Å². The van der Waals surface area contributed by atoms with Crippen LogP contribution in [0.3, 0.4) is 0 Å². The maximum atomic E-state index is 11.7. The second-order valence-corrected chi connectivity index (χ2v) is 6.71. The molecule has 0 saturated heterocycles. The first-order valence-corrected chi connectivity index (χ1v) is 7.93. The van der Waals surface area contributed by atoms with Gasteiger partial charge in [-0.25, -0.2) is 0 Å². The SMILES string of the molecule is CC(=O)NC1(C)Cc2ccccc2C(C)c2ccccc2C1. The Morgan fingerprint density at radius 2 is 1.45 bits per heavy atom. The molecule has 0 unspecified atom stereocenters. The number of carbonyl (C=O) groups is 1. The monoisotopic (exact) mass is 293 g/mol. The van der Waals surface area contributed by atoms with Crippen LogP contribution in [-0.2, 0) is 17.6 Å². The van der Waals surface area contributed by atoms with E-state index >= 15 is 0 Å². The molecule has 2 nitrogen and oxygen atoms in total. The van der Waals surface area contributed by atoms with Crippen LogP contribution in [0, 0.1) is 0 Å². The van der Waals surface area contributed by atoms with Gasteiger partial charge in [0.2, 0.25) is 5.91 Å². The molecule has 0 radical (unpaired) electrons. The minimum atomic E-state index is -0.252. The van der Waals surface area contributed by atoms with Crippen molar-refractivity contribution in [3.63, 3.8) is 0 Å². The Labute approximate surface area is 132 Å². The van der Waals surface area contributed by atoms with Gasteiger partial charge in [0.05, 0.1) is 0 Å². The summed E-state index contributed by atoms with van der Waals surface area (Å²) in [5, 5.41) is 3.18. The number of amides is 1. The van der Waals surface area contributed by atoms with E-state index in [-0.39, 0.29) is 11.4 Å². The predicted octanol–water partition coefficient (Wildman–Crippen LogP) is 3.83. The van der Waals surface area contributed by atoms with Gasteiger partial charge in [0, 0.05) is 18.4 Å². The standard InChI is InChI=1S/C20H23NO/c1-14-18-10-6-4-8-16(18)12-20(3,21-15(2)22)13-17-9-5-7-11-19(14)17/h4-11,14H,12-13H2,1-3H3,(H,21,22). The van der Waals surface area contributed by atoms with E-state index in [1.165, 1.54) is 22.3 Å². The maximum Gasteiger partial charge on any atom is 0.217 e. The lowest BCUT2D eigenvalue weighted by Gasteiger charge is -2.36. The van der Waals surface area contributed by atoms with Gasteiger partial charge in [-0.05, 0) is 42.0 Å². The Balaban J connectivity index is 2.16. The number of rotatable bonds is 1. The van der Waals surface area contributed by atoms with Gasteiger partial charge in [-0.1, -0.05) is 55.5 Å². The first kappa shape index (κ1) is 14.8. The number of benzene rings is 2. The molecule has 0 aliphatic heterocycles. The minimum Gasteiger partial charge on any atom is -0.351 e. The van der Waals surface area contributed by atoms with Crippen LogP contribution < -0.4 is 5.32 Å². The summed E-state index contributed by atoms with van der Waals surface area (Å²) in [7, 11) is 0. The average Bonchev–Trinajstić information content (AvgIpc) is 2.45. The van der Waals surface area contributed by atoms with E-state index in [4.69, 9.17) is 0 Å².